The Morgan fingerprint density at radius 2 is 1.60 bits per heavy atom. The van der Waals surface area contributed by atoms with Crippen molar-refractivity contribution in [2.75, 3.05) is 0 Å². The van der Waals surface area contributed by atoms with Gasteiger partial charge in [0.25, 0.3) is 0 Å². The van der Waals surface area contributed by atoms with Crippen LogP contribution in [0.25, 0.3) is 0 Å². The summed E-state index contributed by atoms with van der Waals surface area (Å²) in [5.74, 6) is -2.39. The third-order valence-electron chi connectivity index (χ3n) is 4.22. The SMILES string of the molecule is CCCCC(CC)[CH]([Na])C(CC)S(=O)(=O)O.O=C(O)CC(O)C(=O)O. The number of carboxylic acid groups (broad SMARTS) is 2. The van der Waals surface area contributed by atoms with Crippen LogP contribution in [0.4, 0.5) is 0 Å². The minimum Gasteiger partial charge on any atom is -0.481 e. The second-order valence-electron chi connectivity index (χ2n) is 6.08. The van der Waals surface area contributed by atoms with E-state index in [1.165, 1.54) is 0 Å². The van der Waals surface area contributed by atoms with Crippen LogP contribution in [0.5, 0.6) is 0 Å². The molecule has 144 valence electrons. The van der Waals surface area contributed by atoms with Crippen LogP contribution in [0.2, 0.25) is 3.17 Å². The first-order chi connectivity index (χ1) is 11.4. The van der Waals surface area contributed by atoms with Crippen molar-refractivity contribution < 1.29 is 37.9 Å². The van der Waals surface area contributed by atoms with E-state index in [2.05, 4.69) is 13.8 Å². The van der Waals surface area contributed by atoms with Gasteiger partial charge < -0.3 is 15.3 Å². The van der Waals surface area contributed by atoms with Crippen molar-refractivity contribution in [3.8, 4) is 0 Å². The molecule has 0 amide bonds. The maximum atomic E-state index is 11.3. The molecule has 0 aromatic heterocycles. The molecule has 0 aliphatic heterocycles. The Balaban J connectivity index is 0. The molecule has 4 N–H and O–H groups in total. The van der Waals surface area contributed by atoms with Gasteiger partial charge in [0.2, 0.25) is 0 Å². The van der Waals surface area contributed by atoms with E-state index in [-0.39, 0.29) is 3.17 Å². The average molecular weight is 392 g/mol. The van der Waals surface area contributed by atoms with Crippen molar-refractivity contribution in [3.05, 3.63) is 0 Å². The second kappa shape index (κ2) is 13.9. The molecule has 0 heterocycles. The molecule has 0 aromatic carbocycles. The van der Waals surface area contributed by atoms with E-state index >= 15 is 0 Å². The van der Waals surface area contributed by atoms with Crippen LogP contribution in [0.15, 0.2) is 0 Å². The summed E-state index contributed by atoms with van der Waals surface area (Å²) in [4.78, 5) is 19.4. The van der Waals surface area contributed by atoms with Gasteiger partial charge >= 0.3 is 130 Å². The second-order valence-corrected chi connectivity index (χ2v) is 9.05. The molecule has 0 radical (unpaired) electrons. The first kappa shape index (κ1) is 27.0. The van der Waals surface area contributed by atoms with Crippen LogP contribution in [0, 0.1) is 5.92 Å². The van der Waals surface area contributed by atoms with Crippen LogP contribution in [-0.2, 0) is 19.7 Å². The van der Waals surface area contributed by atoms with Gasteiger partial charge in [-0.25, -0.2) is 4.79 Å². The first-order valence-corrected chi connectivity index (χ1v) is 11.2. The van der Waals surface area contributed by atoms with Gasteiger partial charge in [-0.2, -0.15) is 0 Å². The quantitative estimate of drug-likeness (QED) is 0.307. The molecule has 0 fully saturated rings. The molecule has 8 nitrogen and oxygen atoms in total. The van der Waals surface area contributed by atoms with Crippen molar-refractivity contribution in [1.82, 2.24) is 0 Å². The minimum absolute atomic E-state index is 0.177. The number of unbranched alkanes of at least 4 members (excludes halogenated alkanes) is 1. The van der Waals surface area contributed by atoms with Crippen LogP contribution in [0.3, 0.4) is 0 Å². The van der Waals surface area contributed by atoms with Crippen molar-refractivity contribution >= 4 is 50.0 Å². The zero-order chi connectivity index (χ0) is 20.2. The summed E-state index contributed by atoms with van der Waals surface area (Å²) >= 11 is 0.833. The average Bonchev–Trinajstić information content (AvgIpc) is 2.47. The Morgan fingerprint density at radius 3 is 1.84 bits per heavy atom. The van der Waals surface area contributed by atoms with E-state index in [1.54, 1.807) is 0 Å². The monoisotopic (exact) mass is 392 g/mol. The molecule has 0 saturated carbocycles. The van der Waals surface area contributed by atoms with Crippen LogP contribution >= 0.6 is 0 Å². The van der Waals surface area contributed by atoms with Crippen molar-refractivity contribution in [2.24, 2.45) is 5.92 Å². The number of carboxylic acids is 2. The molecule has 0 spiro atoms. The summed E-state index contributed by atoms with van der Waals surface area (Å²) in [6.45, 7) is 6.10. The maximum Gasteiger partial charge on any atom is 0.333 e. The fourth-order valence-electron chi connectivity index (χ4n) is 2.72. The van der Waals surface area contributed by atoms with Crippen molar-refractivity contribution in [3.63, 3.8) is 0 Å². The molecule has 0 saturated heterocycles. The Bertz CT molecular complexity index is 494. The number of carbonyl (C=O) groups is 2. The predicted molar refractivity (Wildman–Crippen MR) is 94.3 cm³/mol. The van der Waals surface area contributed by atoms with Gasteiger partial charge in [-0.3, -0.25) is 4.79 Å². The van der Waals surface area contributed by atoms with E-state index in [9.17, 15) is 22.6 Å². The van der Waals surface area contributed by atoms with Gasteiger partial charge in [0.15, 0.2) is 6.10 Å². The summed E-state index contributed by atoms with van der Waals surface area (Å²) in [5.41, 5.74) is 0. The van der Waals surface area contributed by atoms with Gasteiger partial charge in [-0.05, 0) is 0 Å². The molecule has 0 rings (SSSR count). The fraction of sp³-hybridized carbons (Fsp3) is 0.867. The summed E-state index contributed by atoms with van der Waals surface area (Å²) in [5, 5.41) is 23.6. The summed E-state index contributed by atoms with van der Waals surface area (Å²) < 4.78 is 31.9. The van der Waals surface area contributed by atoms with Gasteiger partial charge in [-0.15, -0.1) is 0 Å². The number of hydrogen-bond acceptors (Lipinski definition) is 5. The number of aliphatic carboxylic acids is 2. The van der Waals surface area contributed by atoms with E-state index < -0.39 is 39.8 Å². The summed E-state index contributed by atoms with van der Waals surface area (Å²) in [6, 6.07) is 0. The van der Waals surface area contributed by atoms with Gasteiger partial charge in [-0.1, -0.05) is 0 Å². The molecule has 25 heavy (non-hydrogen) atoms. The van der Waals surface area contributed by atoms with Gasteiger partial charge in [0, 0.05) is 0 Å². The first-order valence-electron chi connectivity index (χ1n) is 8.51. The normalized spacial score (nSPS) is 16.1. The van der Waals surface area contributed by atoms with Gasteiger partial charge in [0.1, 0.15) is 0 Å². The summed E-state index contributed by atoms with van der Waals surface area (Å²) in [6.07, 6.45) is 2.38. The Labute approximate surface area is 167 Å². The fourth-order valence-corrected chi connectivity index (χ4v) is 6.21. The van der Waals surface area contributed by atoms with Crippen LogP contribution in [-0.4, -0.2) is 79.5 Å². The number of aliphatic hydroxyl groups excluding tert-OH is 1. The molecule has 0 aliphatic carbocycles. The van der Waals surface area contributed by atoms with E-state index in [1.807, 2.05) is 6.92 Å². The zero-order valence-corrected chi connectivity index (χ0v) is 18.2. The molecular formula is C15H29NaO8S. The third-order valence-corrected chi connectivity index (χ3v) is 7.98. The molecule has 10 heteroatoms. The minimum atomic E-state index is -3.86. The molecule has 0 bridgehead atoms. The zero-order valence-electron chi connectivity index (χ0n) is 15.4. The number of rotatable bonds is 11. The molecule has 4 unspecified atom stereocenters. The largest absolute Gasteiger partial charge is 0.481 e. The third kappa shape index (κ3) is 12.7. The standard InChI is InChI=1S/C11H23O3S.C4H6O5.Na/c1-4-7-8-10(5-2)9-11(6-3)15(12,13)14;5-2(4(8)9)1-3(6)7;/h9-11H,4-8H2,1-3H3,(H,12,13,14);2,5H,1H2,(H,6,7)(H,8,9);. The Morgan fingerprint density at radius 1 is 1.08 bits per heavy atom. The van der Waals surface area contributed by atoms with Gasteiger partial charge in [0.05, 0.1) is 6.42 Å². The van der Waals surface area contributed by atoms with Crippen LogP contribution in [0.1, 0.15) is 59.3 Å². The Hall–Kier alpha value is -0.190. The number of hydrogen-bond donors (Lipinski definition) is 4. The topological polar surface area (TPSA) is 149 Å². The number of aliphatic hydroxyl groups is 1. The molecule has 0 aliphatic rings. The maximum absolute atomic E-state index is 11.3. The van der Waals surface area contributed by atoms with Crippen LogP contribution < -0.4 is 0 Å². The molecule has 0 aromatic rings. The van der Waals surface area contributed by atoms with E-state index in [4.69, 9.17) is 15.3 Å². The Kier molecular flexibility index (Phi) is 15.1. The summed E-state index contributed by atoms with van der Waals surface area (Å²) in [7, 11) is -3.86. The molecule has 4 atom stereocenters. The van der Waals surface area contributed by atoms with E-state index in [0.717, 1.165) is 53.6 Å². The predicted octanol–water partition coefficient (Wildman–Crippen LogP) is 1.73. The van der Waals surface area contributed by atoms with Crippen molar-refractivity contribution in [2.45, 2.75) is 73.8 Å². The van der Waals surface area contributed by atoms with Crippen molar-refractivity contribution in [1.29, 1.82) is 0 Å². The van der Waals surface area contributed by atoms with E-state index in [0.29, 0.717) is 12.3 Å². The molecular weight excluding hydrogens is 363 g/mol. The smallest absolute Gasteiger partial charge is 0.333 e.